The standard InChI is InChI=1S/C18H27NO/c1-2-13-19-18(17-11-7-14-20-15-17)12-6-10-16-8-4-3-5-9-16/h3-5,8-9,15,18-19H,2,6-7,10-14H2,1H3. The molecule has 0 saturated carbocycles. The van der Waals surface area contributed by atoms with E-state index in [0.717, 1.165) is 19.6 Å². The Hall–Kier alpha value is -1.28. The summed E-state index contributed by atoms with van der Waals surface area (Å²) in [6.45, 7) is 4.20. The van der Waals surface area contributed by atoms with Crippen LogP contribution in [0.1, 0.15) is 44.6 Å². The fourth-order valence-corrected chi connectivity index (χ4v) is 2.73. The maximum absolute atomic E-state index is 5.51. The van der Waals surface area contributed by atoms with E-state index in [2.05, 4.69) is 42.6 Å². The lowest BCUT2D eigenvalue weighted by molar-refractivity contribution is 0.218. The van der Waals surface area contributed by atoms with Gasteiger partial charge in [0.15, 0.2) is 0 Å². The van der Waals surface area contributed by atoms with Gasteiger partial charge < -0.3 is 10.1 Å². The molecule has 0 spiro atoms. The van der Waals surface area contributed by atoms with Gasteiger partial charge in [-0.3, -0.25) is 0 Å². The molecule has 20 heavy (non-hydrogen) atoms. The van der Waals surface area contributed by atoms with Gasteiger partial charge in [0.05, 0.1) is 12.9 Å². The first-order valence-electron chi connectivity index (χ1n) is 7.98. The molecule has 1 aliphatic heterocycles. The lowest BCUT2D eigenvalue weighted by Gasteiger charge is -2.24. The van der Waals surface area contributed by atoms with Crippen molar-refractivity contribution in [2.45, 2.75) is 51.5 Å². The van der Waals surface area contributed by atoms with E-state index in [1.54, 1.807) is 0 Å². The fraction of sp³-hybridized carbons (Fsp3) is 0.556. The Labute approximate surface area is 123 Å². The van der Waals surface area contributed by atoms with Crippen LogP contribution in [0.2, 0.25) is 0 Å². The molecule has 1 aromatic carbocycles. The van der Waals surface area contributed by atoms with Gasteiger partial charge in [-0.1, -0.05) is 37.3 Å². The predicted octanol–water partition coefficient (Wildman–Crippen LogP) is 4.07. The maximum Gasteiger partial charge on any atom is 0.0876 e. The summed E-state index contributed by atoms with van der Waals surface area (Å²) in [4.78, 5) is 0. The molecular formula is C18H27NO. The second-order valence-corrected chi connectivity index (χ2v) is 5.55. The van der Waals surface area contributed by atoms with Crippen LogP contribution in [0.15, 0.2) is 42.2 Å². The predicted molar refractivity (Wildman–Crippen MR) is 84.7 cm³/mol. The molecule has 2 heteroatoms. The van der Waals surface area contributed by atoms with E-state index in [9.17, 15) is 0 Å². The first-order chi connectivity index (χ1) is 9.90. The van der Waals surface area contributed by atoms with E-state index in [1.807, 2.05) is 6.26 Å². The van der Waals surface area contributed by atoms with Crippen molar-refractivity contribution < 1.29 is 4.74 Å². The Morgan fingerprint density at radius 1 is 1.25 bits per heavy atom. The number of ether oxygens (including phenoxy) is 1. The summed E-state index contributed by atoms with van der Waals surface area (Å²) in [5.41, 5.74) is 2.90. The second kappa shape index (κ2) is 8.80. The van der Waals surface area contributed by atoms with Crippen LogP contribution < -0.4 is 5.32 Å². The van der Waals surface area contributed by atoms with Crippen molar-refractivity contribution >= 4 is 0 Å². The van der Waals surface area contributed by atoms with Gasteiger partial charge in [0.25, 0.3) is 0 Å². The number of nitrogens with one attached hydrogen (secondary N) is 1. The van der Waals surface area contributed by atoms with Gasteiger partial charge in [0.1, 0.15) is 0 Å². The summed E-state index contributed by atoms with van der Waals surface area (Å²) in [6.07, 6.45) is 9.12. The molecule has 0 aromatic heterocycles. The molecule has 1 atom stereocenters. The van der Waals surface area contributed by atoms with Crippen LogP contribution in [0.25, 0.3) is 0 Å². The normalized spacial score (nSPS) is 16.4. The summed E-state index contributed by atoms with van der Waals surface area (Å²) in [7, 11) is 0. The highest BCUT2D eigenvalue weighted by atomic mass is 16.5. The molecule has 1 heterocycles. The van der Waals surface area contributed by atoms with Crippen LogP contribution >= 0.6 is 0 Å². The van der Waals surface area contributed by atoms with E-state index >= 15 is 0 Å². The molecule has 1 aromatic rings. The zero-order valence-electron chi connectivity index (χ0n) is 12.6. The number of aryl methyl sites for hydroxylation is 1. The van der Waals surface area contributed by atoms with Crippen molar-refractivity contribution in [3.8, 4) is 0 Å². The van der Waals surface area contributed by atoms with E-state index in [1.165, 1.54) is 43.2 Å². The lowest BCUT2D eigenvalue weighted by atomic mass is 9.96. The molecule has 110 valence electrons. The molecule has 0 amide bonds. The highest BCUT2D eigenvalue weighted by molar-refractivity contribution is 5.15. The summed E-state index contributed by atoms with van der Waals surface area (Å²) in [5, 5.41) is 3.68. The van der Waals surface area contributed by atoms with E-state index in [4.69, 9.17) is 4.74 Å². The SMILES string of the molecule is CCCNC(CCCc1ccccc1)C1=COCCC1. The third-order valence-corrected chi connectivity index (χ3v) is 3.85. The Kier molecular flexibility index (Phi) is 6.65. The van der Waals surface area contributed by atoms with Gasteiger partial charge in [-0.15, -0.1) is 0 Å². The molecule has 1 aliphatic rings. The Morgan fingerprint density at radius 2 is 2.10 bits per heavy atom. The van der Waals surface area contributed by atoms with Crippen LogP contribution in [0.4, 0.5) is 0 Å². The van der Waals surface area contributed by atoms with E-state index in [0.29, 0.717) is 6.04 Å². The van der Waals surface area contributed by atoms with Gasteiger partial charge in [-0.25, -0.2) is 0 Å². The topological polar surface area (TPSA) is 21.3 Å². The highest BCUT2D eigenvalue weighted by Crippen LogP contribution is 2.20. The quantitative estimate of drug-likeness (QED) is 0.771. The molecule has 2 rings (SSSR count). The average Bonchev–Trinajstić information content (AvgIpc) is 2.52. The van der Waals surface area contributed by atoms with Crippen molar-refractivity contribution in [2.24, 2.45) is 0 Å². The van der Waals surface area contributed by atoms with Gasteiger partial charge in [-0.2, -0.15) is 0 Å². The first-order valence-corrected chi connectivity index (χ1v) is 7.98. The van der Waals surface area contributed by atoms with Crippen molar-refractivity contribution in [1.29, 1.82) is 0 Å². The van der Waals surface area contributed by atoms with Crippen LogP contribution in [0.3, 0.4) is 0 Å². The molecule has 0 fully saturated rings. The third kappa shape index (κ3) is 5.01. The Bertz CT molecular complexity index is 399. The largest absolute Gasteiger partial charge is 0.501 e. The second-order valence-electron chi connectivity index (χ2n) is 5.55. The lowest BCUT2D eigenvalue weighted by Crippen LogP contribution is -2.32. The van der Waals surface area contributed by atoms with Gasteiger partial charge in [-0.05, 0) is 56.2 Å². The monoisotopic (exact) mass is 273 g/mol. The minimum absolute atomic E-state index is 0.499. The number of hydrogen-bond acceptors (Lipinski definition) is 2. The van der Waals surface area contributed by atoms with E-state index < -0.39 is 0 Å². The van der Waals surface area contributed by atoms with E-state index in [-0.39, 0.29) is 0 Å². The van der Waals surface area contributed by atoms with Crippen LogP contribution in [-0.4, -0.2) is 19.2 Å². The highest BCUT2D eigenvalue weighted by Gasteiger charge is 2.16. The van der Waals surface area contributed by atoms with Gasteiger partial charge >= 0.3 is 0 Å². The molecule has 0 aliphatic carbocycles. The molecule has 0 radical (unpaired) electrons. The zero-order chi connectivity index (χ0) is 14.0. The van der Waals surface area contributed by atoms with Crippen molar-refractivity contribution in [3.63, 3.8) is 0 Å². The first kappa shape index (κ1) is 15.1. The molecule has 1 N–H and O–H groups in total. The molecular weight excluding hydrogens is 246 g/mol. The van der Waals surface area contributed by atoms with Gasteiger partial charge in [0.2, 0.25) is 0 Å². The Morgan fingerprint density at radius 3 is 2.80 bits per heavy atom. The van der Waals surface area contributed by atoms with Gasteiger partial charge in [0, 0.05) is 6.04 Å². The van der Waals surface area contributed by atoms with Crippen LogP contribution in [0, 0.1) is 0 Å². The molecule has 1 unspecified atom stereocenters. The summed E-state index contributed by atoms with van der Waals surface area (Å²) in [6, 6.07) is 11.3. The molecule has 0 bridgehead atoms. The smallest absolute Gasteiger partial charge is 0.0876 e. The molecule has 0 saturated heterocycles. The minimum Gasteiger partial charge on any atom is -0.501 e. The Balaban J connectivity index is 1.82. The van der Waals surface area contributed by atoms with Crippen LogP contribution in [0.5, 0.6) is 0 Å². The van der Waals surface area contributed by atoms with Crippen molar-refractivity contribution in [3.05, 3.63) is 47.7 Å². The molecule has 2 nitrogen and oxygen atoms in total. The van der Waals surface area contributed by atoms with Crippen LogP contribution in [-0.2, 0) is 11.2 Å². The number of benzene rings is 1. The van der Waals surface area contributed by atoms with Crippen molar-refractivity contribution in [2.75, 3.05) is 13.2 Å². The van der Waals surface area contributed by atoms with Crippen molar-refractivity contribution in [1.82, 2.24) is 5.32 Å². The maximum atomic E-state index is 5.51. The zero-order valence-corrected chi connectivity index (χ0v) is 12.6. The third-order valence-electron chi connectivity index (χ3n) is 3.85. The fourth-order valence-electron chi connectivity index (χ4n) is 2.73. The number of rotatable bonds is 8. The average molecular weight is 273 g/mol. The summed E-state index contributed by atoms with van der Waals surface area (Å²) < 4.78 is 5.51. The minimum atomic E-state index is 0.499. The number of hydrogen-bond donors (Lipinski definition) is 1. The summed E-state index contributed by atoms with van der Waals surface area (Å²) in [5.74, 6) is 0. The summed E-state index contributed by atoms with van der Waals surface area (Å²) >= 11 is 0.